The van der Waals surface area contributed by atoms with Crippen molar-refractivity contribution in [3.05, 3.63) is 16.1 Å². The van der Waals surface area contributed by atoms with Crippen molar-refractivity contribution in [1.82, 2.24) is 10.3 Å². The fourth-order valence-electron chi connectivity index (χ4n) is 2.19. The zero-order chi connectivity index (χ0) is 13.4. The molecular formula is C14H27N3S. The highest BCUT2D eigenvalue weighted by atomic mass is 32.1. The average molecular weight is 269 g/mol. The Labute approximate surface area is 115 Å². The van der Waals surface area contributed by atoms with Crippen LogP contribution in [0.15, 0.2) is 5.38 Å². The van der Waals surface area contributed by atoms with Gasteiger partial charge >= 0.3 is 0 Å². The van der Waals surface area contributed by atoms with Crippen molar-refractivity contribution < 1.29 is 0 Å². The summed E-state index contributed by atoms with van der Waals surface area (Å²) in [5, 5.41) is 6.76. The predicted molar refractivity (Wildman–Crippen MR) is 79.8 cm³/mol. The molecule has 0 saturated heterocycles. The largest absolute Gasteiger partial charge is 0.330 e. The molecule has 0 amide bonds. The highest BCUT2D eigenvalue weighted by molar-refractivity contribution is 7.09. The fraction of sp³-hybridized carbons (Fsp3) is 0.786. The molecule has 1 aromatic heterocycles. The summed E-state index contributed by atoms with van der Waals surface area (Å²) in [6.45, 7) is 9.43. The van der Waals surface area contributed by atoms with Crippen LogP contribution < -0.4 is 11.1 Å². The lowest BCUT2D eigenvalue weighted by molar-refractivity contribution is 0.331. The van der Waals surface area contributed by atoms with Crippen LogP contribution in [0.5, 0.6) is 0 Å². The summed E-state index contributed by atoms with van der Waals surface area (Å²) < 4.78 is 0. The van der Waals surface area contributed by atoms with Gasteiger partial charge in [0.25, 0.3) is 0 Å². The summed E-state index contributed by atoms with van der Waals surface area (Å²) in [4.78, 5) is 4.44. The number of aromatic nitrogens is 1. The molecule has 0 bridgehead atoms. The summed E-state index contributed by atoms with van der Waals surface area (Å²) >= 11 is 1.74. The van der Waals surface area contributed by atoms with Crippen LogP contribution in [0.2, 0.25) is 0 Å². The second-order valence-electron chi connectivity index (χ2n) is 5.28. The number of aryl methyl sites for hydroxylation is 1. The van der Waals surface area contributed by atoms with E-state index in [0.717, 1.165) is 43.6 Å². The molecule has 1 heterocycles. The maximum atomic E-state index is 5.65. The molecule has 4 heteroatoms. The molecule has 0 aliphatic heterocycles. The van der Waals surface area contributed by atoms with Gasteiger partial charge in [-0.15, -0.1) is 11.3 Å². The normalized spacial score (nSPS) is 13.2. The Morgan fingerprint density at radius 1 is 1.39 bits per heavy atom. The van der Waals surface area contributed by atoms with Gasteiger partial charge in [0.15, 0.2) is 0 Å². The Balaban J connectivity index is 2.10. The molecule has 0 spiro atoms. The number of nitrogens with one attached hydrogen (secondary N) is 1. The molecule has 0 radical (unpaired) electrons. The number of nitrogens with two attached hydrogens (primary N) is 1. The monoisotopic (exact) mass is 269 g/mol. The molecule has 104 valence electrons. The third kappa shape index (κ3) is 5.94. The van der Waals surface area contributed by atoms with Crippen molar-refractivity contribution in [2.75, 3.05) is 13.1 Å². The van der Waals surface area contributed by atoms with E-state index in [1.54, 1.807) is 11.3 Å². The number of hydrogen-bond donors (Lipinski definition) is 2. The molecule has 0 saturated carbocycles. The van der Waals surface area contributed by atoms with Gasteiger partial charge in [-0.05, 0) is 51.1 Å². The molecule has 0 fully saturated rings. The molecular weight excluding hydrogens is 242 g/mol. The summed E-state index contributed by atoms with van der Waals surface area (Å²) in [5.74, 6) is 1.52. The lowest BCUT2D eigenvalue weighted by atomic mass is 9.88. The number of nitrogens with zero attached hydrogens (tertiary/aromatic N) is 1. The quantitative estimate of drug-likeness (QED) is 0.678. The lowest BCUT2D eigenvalue weighted by Crippen LogP contribution is -2.19. The zero-order valence-corrected chi connectivity index (χ0v) is 12.7. The highest BCUT2D eigenvalue weighted by Gasteiger charge is 2.11. The molecule has 1 unspecified atom stereocenters. The minimum atomic E-state index is 0.746. The second-order valence-corrected chi connectivity index (χ2v) is 6.23. The highest BCUT2D eigenvalue weighted by Crippen LogP contribution is 2.19. The number of thiazole rings is 1. The summed E-state index contributed by atoms with van der Waals surface area (Å²) in [6, 6.07) is 0. The van der Waals surface area contributed by atoms with E-state index in [-0.39, 0.29) is 0 Å². The number of rotatable bonds is 9. The minimum Gasteiger partial charge on any atom is -0.330 e. The topological polar surface area (TPSA) is 50.9 Å². The Bertz CT molecular complexity index is 323. The summed E-state index contributed by atoms with van der Waals surface area (Å²) in [5.41, 5.74) is 6.78. The molecule has 0 aromatic carbocycles. The number of hydrogen-bond acceptors (Lipinski definition) is 4. The van der Waals surface area contributed by atoms with Crippen molar-refractivity contribution in [1.29, 1.82) is 0 Å². The maximum absolute atomic E-state index is 5.65. The van der Waals surface area contributed by atoms with Crippen LogP contribution in [0, 0.1) is 18.8 Å². The molecule has 18 heavy (non-hydrogen) atoms. The molecule has 1 rings (SSSR count). The van der Waals surface area contributed by atoms with Crippen LogP contribution >= 0.6 is 11.3 Å². The van der Waals surface area contributed by atoms with Crippen LogP contribution in [-0.4, -0.2) is 18.1 Å². The third-order valence-corrected chi connectivity index (χ3v) is 4.32. The molecule has 1 aromatic rings. The predicted octanol–water partition coefficient (Wildman–Crippen LogP) is 2.94. The van der Waals surface area contributed by atoms with E-state index in [4.69, 9.17) is 5.73 Å². The minimum absolute atomic E-state index is 0.746. The van der Waals surface area contributed by atoms with Gasteiger partial charge in [0.2, 0.25) is 0 Å². The van der Waals surface area contributed by atoms with Gasteiger partial charge in [0.1, 0.15) is 5.01 Å². The Morgan fingerprint density at radius 3 is 2.72 bits per heavy atom. The van der Waals surface area contributed by atoms with Crippen molar-refractivity contribution in [2.45, 2.75) is 46.6 Å². The summed E-state index contributed by atoms with van der Waals surface area (Å²) in [7, 11) is 0. The molecule has 3 nitrogen and oxygen atoms in total. The standard InChI is InChI=1S/C14H27N3S/c1-11(2)13(6-7-15)5-4-8-16-9-14-17-12(3)10-18-14/h10-11,13,16H,4-9,15H2,1-3H3. The van der Waals surface area contributed by atoms with Crippen molar-refractivity contribution in [3.8, 4) is 0 Å². The van der Waals surface area contributed by atoms with E-state index in [1.165, 1.54) is 17.8 Å². The lowest BCUT2D eigenvalue weighted by Gasteiger charge is -2.19. The smallest absolute Gasteiger partial charge is 0.107 e. The SMILES string of the molecule is Cc1csc(CNCCCC(CCN)C(C)C)n1. The van der Waals surface area contributed by atoms with Gasteiger partial charge in [-0.2, -0.15) is 0 Å². The third-order valence-electron chi connectivity index (χ3n) is 3.35. The maximum Gasteiger partial charge on any atom is 0.107 e. The van der Waals surface area contributed by atoms with Crippen LogP contribution in [0.25, 0.3) is 0 Å². The molecule has 3 N–H and O–H groups in total. The molecule has 1 atom stereocenters. The van der Waals surface area contributed by atoms with E-state index in [1.807, 2.05) is 6.92 Å². The Morgan fingerprint density at radius 2 is 2.17 bits per heavy atom. The molecule has 0 aliphatic rings. The second kappa shape index (κ2) is 8.62. The van der Waals surface area contributed by atoms with Crippen molar-refractivity contribution in [3.63, 3.8) is 0 Å². The summed E-state index contributed by atoms with van der Waals surface area (Å²) in [6.07, 6.45) is 3.66. The molecule has 0 aliphatic carbocycles. The van der Waals surface area contributed by atoms with Gasteiger partial charge < -0.3 is 11.1 Å². The van der Waals surface area contributed by atoms with Crippen LogP contribution in [0.1, 0.15) is 43.8 Å². The Hall–Kier alpha value is -0.450. The van der Waals surface area contributed by atoms with E-state index in [0.29, 0.717) is 0 Å². The zero-order valence-electron chi connectivity index (χ0n) is 11.9. The average Bonchev–Trinajstić information content (AvgIpc) is 2.73. The van der Waals surface area contributed by atoms with Gasteiger partial charge in [-0.1, -0.05) is 13.8 Å². The van der Waals surface area contributed by atoms with E-state index in [9.17, 15) is 0 Å². The van der Waals surface area contributed by atoms with Gasteiger partial charge in [0, 0.05) is 17.6 Å². The fourth-order valence-corrected chi connectivity index (χ4v) is 2.93. The first-order chi connectivity index (χ1) is 8.63. The van der Waals surface area contributed by atoms with E-state index < -0.39 is 0 Å². The van der Waals surface area contributed by atoms with Gasteiger partial charge in [0.05, 0.1) is 0 Å². The van der Waals surface area contributed by atoms with Crippen molar-refractivity contribution in [2.24, 2.45) is 17.6 Å². The van der Waals surface area contributed by atoms with Crippen LogP contribution in [-0.2, 0) is 6.54 Å². The van der Waals surface area contributed by atoms with Gasteiger partial charge in [-0.25, -0.2) is 4.98 Å². The van der Waals surface area contributed by atoms with Gasteiger partial charge in [-0.3, -0.25) is 0 Å². The first-order valence-corrected chi connectivity index (χ1v) is 7.83. The first-order valence-electron chi connectivity index (χ1n) is 6.95. The van der Waals surface area contributed by atoms with Crippen LogP contribution in [0.4, 0.5) is 0 Å². The first kappa shape index (κ1) is 15.6. The van der Waals surface area contributed by atoms with Crippen molar-refractivity contribution >= 4 is 11.3 Å². The van der Waals surface area contributed by atoms with E-state index in [2.05, 4.69) is 29.5 Å². The Kier molecular flexibility index (Phi) is 7.47. The van der Waals surface area contributed by atoms with Crippen LogP contribution in [0.3, 0.4) is 0 Å². The van der Waals surface area contributed by atoms with E-state index >= 15 is 0 Å².